The molecule has 1 N–H and O–H groups in total. The van der Waals surface area contributed by atoms with E-state index in [0.717, 1.165) is 16.8 Å². The van der Waals surface area contributed by atoms with Crippen molar-refractivity contribution in [1.29, 1.82) is 0 Å². The van der Waals surface area contributed by atoms with Crippen LogP contribution in [0.1, 0.15) is 27.7 Å². The Labute approximate surface area is 145 Å². The monoisotopic (exact) mass is 324 g/mol. The predicted molar refractivity (Wildman–Crippen MR) is 102 cm³/mol. The second-order valence-electron chi connectivity index (χ2n) is 7.42. The minimum atomic E-state index is 0.0111. The van der Waals surface area contributed by atoms with Gasteiger partial charge in [0, 0.05) is 17.3 Å². The van der Waals surface area contributed by atoms with E-state index < -0.39 is 0 Å². The highest BCUT2D eigenvalue weighted by atomic mass is 16.2. The summed E-state index contributed by atoms with van der Waals surface area (Å²) in [4.78, 5) is 14.6. The van der Waals surface area contributed by atoms with Crippen LogP contribution < -0.4 is 5.32 Å². The summed E-state index contributed by atoms with van der Waals surface area (Å²) in [6.07, 6.45) is 0. The number of nitrogens with one attached hydrogen (secondary N) is 1. The zero-order chi connectivity index (χ0) is 17.7. The van der Waals surface area contributed by atoms with Crippen LogP contribution >= 0.6 is 0 Å². The number of amides is 1. The minimum Gasteiger partial charge on any atom is -0.324 e. The number of para-hydroxylation sites is 1. The molecule has 1 amide bonds. The Morgan fingerprint density at radius 1 is 1.04 bits per heavy atom. The SMILES string of the molecule is CC(N(C)CC(=O)Nc1ccccc1-c1ccccc1)C(C)(C)C. The number of likely N-dealkylation sites (N-methyl/N-ethyl adjacent to an activating group) is 1. The summed E-state index contributed by atoms with van der Waals surface area (Å²) in [6.45, 7) is 9.11. The van der Waals surface area contributed by atoms with Gasteiger partial charge >= 0.3 is 0 Å². The average Bonchev–Trinajstić information content (AvgIpc) is 2.54. The van der Waals surface area contributed by atoms with Crippen molar-refractivity contribution >= 4 is 11.6 Å². The first-order valence-corrected chi connectivity index (χ1v) is 8.43. The van der Waals surface area contributed by atoms with Crippen LogP contribution in [0.2, 0.25) is 0 Å². The molecule has 0 aliphatic rings. The smallest absolute Gasteiger partial charge is 0.238 e. The van der Waals surface area contributed by atoms with Gasteiger partial charge in [0.1, 0.15) is 0 Å². The summed E-state index contributed by atoms with van der Waals surface area (Å²) in [7, 11) is 2.00. The van der Waals surface area contributed by atoms with Gasteiger partial charge < -0.3 is 5.32 Å². The highest BCUT2D eigenvalue weighted by molar-refractivity contribution is 5.96. The summed E-state index contributed by atoms with van der Waals surface area (Å²) in [6, 6.07) is 18.4. The molecule has 2 aromatic carbocycles. The maximum Gasteiger partial charge on any atom is 0.238 e. The van der Waals surface area contributed by atoms with Crippen LogP contribution in [0.3, 0.4) is 0 Å². The maximum absolute atomic E-state index is 12.5. The third-order valence-electron chi connectivity index (χ3n) is 4.59. The van der Waals surface area contributed by atoms with Crippen LogP contribution in [0.4, 0.5) is 5.69 Å². The van der Waals surface area contributed by atoms with Gasteiger partial charge in [0.05, 0.1) is 6.54 Å². The first-order valence-electron chi connectivity index (χ1n) is 8.43. The molecule has 0 saturated carbocycles. The Kier molecular flexibility index (Phi) is 5.79. The van der Waals surface area contributed by atoms with Gasteiger partial charge in [-0.15, -0.1) is 0 Å². The molecule has 0 saturated heterocycles. The summed E-state index contributed by atoms with van der Waals surface area (Å²) in [5.74, 6) is 0.0111. The lowest BCUT2D eigenvalue weighted by molar-refractivity contribution is -0.117. The van der Waals surface area contributed by atoms with Crippen LogP contribution in [-0.4, -0.2) is 30.4 Å². The lowest BCUT2D eigenvalue weighted by atomic mass is 9.87. The number of hydrogen-bond donors (Lipinski definition) is 1. The Balaban J connectivity index is 2.11. The molecule has 2 rings (SSSR count). The minimum absolute atomic E-state index is 0.0111. The van der Waals surface area contributed by atoms with Gasteiger partial charge in [-0.1, -0.05) is 69.3 Å². The van der Waals surface area contributed by atoms with E-state index >= 15 is 0 Å². The van der Waals surface area contributed by atoms with Gasteiger partial charge in [0.25, 0.3) is 0 Å². The van der Waals surface area contributed by atoms with E-state index in [-0.39, 0.29) is 11.3 Å². The Morgan fingerprint density at radius 2 is 1.62 bits per heavy atom. The highest BCUT2D eigenvalue weighted by Gasteiger charge is 2.25. The Bertz CT molecular complexity index is 674. The largest absolute Gasteiger partial charge is 0.324 e. The van der Waals surface area contributed by atoms with Gasteiger partial charge in [-0.25, -0.2) is 0 Å². The second kappa shape index (κ2) is 7.63. The number of rotatable bonds is 5. The van der Waals surface area contributed by atoms with Crippen LogP contribution in [0.5, 0.6) is 0 Å². The van der Waals surface area contributed by atoms with Crippen molar-refractivity contribution in [3.8, 4) is 11.1 Å². The van der Waals surface area contributed by atoms with E-state index in [1.54, 1.807) is 0 Å². The molecule has 0 fully saturated rings. The molecule has 3 nitrogen and oxygen atoms in total. The molecule has 24 heavy (non-hydrogen) atoms. The van der Waals surface area contributed by atoms with Gasteiger partial charge in [0.2, 0.25) is 5.91 Å². The first kappa shape index (κ1) is 18.2. The van der Waals surface area contributed by atoms with Crippen molar-refractivity contribution in [3.63, 3.8) is 0 Å². The van der Waals surface area contributed by atoms with E-state index in [0.29, 0.717) is 12.6 Å². The maximum atomic E-state index is 12.5. The molecule has 0 aromatic heterocycles. The number of carbonyl (C=O) groups is 1. The highest BCUT2D eigenvalue weighted by Crippen LogP contribution is 2.28. The molecule has 0 aliphatic heterocycles. The first-order chi connectivity index (χ1) is 11.3. The summed E-state index contributed by atoms with van der Waals surface area (Å²) in [5, 5.41) is 3.07. The van der Waals surface area contributed by atoms with Crippen molar-refractivity contribution in [2.75, 3.05) is 18.9 Å². The molecule has 0 aliphatic carbocycles. The summed E-state index contributed by atoms with van der Waals surface area (Å²) >= 11 is 0. The fourth-order valence-corrected chi connectivity index (χ4v) is 2.68. The Hall–Kier alpha value is -2.13. The molecule has 128 valence electrons. The van der Waals surface area contributed by atoms with E-state index in [9.17, 15) is 4.79 Å². The normalized spacial score (nSPS) is 12.9. The molecule has 3 heteroatoms. The fraction of sp³-hybridized carbons (Fsp3) is 0.381. The van der Waals surface area contributed by atoms with Gasteiger partial charge in [-0.3, -0.25) is 9.69 Å². The molecule has 1 unspecified atom stereocenters. The van der Waals surface area contributed by atoms with Gasteiger partial charge in [0.15, 0.2) is 0 Å². The van der Waals surface area contributed by atoms with Crippen LogP contribution in [0.15, 0.2) is 54.6 Å². The van der Waals surface area contributed by atoms with E-state index in [4.69, 9.17) is 0 Å². The zero-order valence-electron chi connectivity index (χ0n) is 15.3. The van der Waals surface area contributed by atoms with Crippen molar-refractivity contribution < 1.29 is 4.79 Å². The second-order valence-corrected chi connectivity index (χ2v) is 7.42. The molecular weight excluding hydrogens is 296 g/mol. The molecule has 1 atom stereocenters. The van der Waals surface area contributed by atoms with Crippen molar-refractivity contribution in [3.05, 3.63) is 54.6 Å². The van der Waals surface area contributed by atoms with Gasteiger partial charge in [-0.05, 0) is 31.0 Å². The Morgan fingerprint density at radius 3 is 2.25 bits per heavy atom. The number of anilines is 1. The third kappa shape index (κ3) is 4.68. The lowest BCUT2D eigenvalue weighted by Gasteiger charge is -2.34. The third-order valence-corrected chi connectivity index (χ3v) is 4.59. The van der Waals surface area contributed by atoms with Gasteiger partial charge in [-0.2, -0.15) is 0 Å². The molecule has 2 aromatic rings. The van der Waals surface area contributed by atoms with Crippen LogP contribution in [0, 0.1) is 5.41 Å². The summed E-state index contributed by atoms with van der Waals surface area (Å²) < 4.78 is 0. The molecular formula is C21H28N2O. The number of nitrogens with zero attached hydrogens (tertiary/aromatic N) is 1. The topological polar surface area (TPSA) is 32.3 Å². The molecule has 0 spiro atoms. The molecule has 0 radical (unpaired) electrons. The fourth-order valence-electron chi connectivity index (χ4n) is 2.68. The van der Waals surface area contributed by atoms with Crippen molar-refractivity contribution in [2.24, 2.45) is 5.41 Å². The summed E-state index contributed by atoms with van der Waals surface area (Å²) in [5.41, 5.74) is 3.13. The molecule has 0 bridgehead atoms. The number of hydrogen-bond acceptors (Lipinski definition) is 2. The lowest BCUT2D eigenvalue weighted by Crippen LogP contribution is -2.43. The predicted octanol–water partition coefficient (Wildman–Crippen LogP) is 4.66. The standard InChI is InChI=1S/C21H28N2O/c1-16(21(2,3)4)23(5)15-20(24)22-19-14-10-9-13-18(19)17-11-7-6-8-12-17/h6-14,16H,15H2,1-5H3,(H,22,24). The average molecular weight is 324 g/mol. The van der Waals surface area contributed by atoms with E-state index in [1.165, 1.54) is 0 Å². The van der Waals surface area contributed by atoms with E-state index in [1.807, 2.05) is 49.5 Å². The molecule has 0 heterocycles. The van der Waals surface area contributed by atoms with E-state index in [2.05, 4.69) is 50.0 Å². The number of carbonyl (C=O) groups excluding carboxylic acids is 1. The van der Waals surface area contributed by atoms with Crippen LogP contribution in [-0.2, 0) is 4.79 Å². The van der Waals surface area contributed by atoms with Crippen LogP contribution in [0.25, 0.3) is 11.1 Å². The zero-order valence-corrected chi connectivity index (χ0v) is 15.3. The quantitative estimate of drug-likeness (QED) is 0.867. The number of benzene rings is 2. The van der Waals surface area contributed by atoms with Crippen molar-refractivity contribution in [1.82, 2.24) is 4.90 Å². The van der Waals surface area contributed by atoms with Crippen molar-refractivity contribution in [2.45, 2.75) is 33.7 Å².